The summed E-state index contributed by atoms with van der Waals surface area (Å²) in [5, 5.41) is 3.47. The first-order valence-electron chi connectivity index (χ1n) is 6.11. The van der Waals surface area contributed by atoms with Gasteiger partial charge in [0.1, 0.15) is 0 Å². The number of hydrogen-bond donors (Lipinski definition) is 1. The summed E-state index contributed by atoms with van der Waals surface area (Å²) in [6.07, 6.45) is 2.32. The zero-order valence-electron chi connectivity index (χ0n) is 11.4. The van der Waals surface area contributed by atoms with Crippen molar-refractivity contribution in [1.82, 2.24) is 5.32 Å². The van der Waals surface area contributed by atoms with Gasteiger partial charge in [0.25, 0.3) is 0 Å². The Kier molecular flexibility index (Phi) is 6.46. The molecule has 0 atom stereocenters. The number of nitrogens with one attached hydrogen (secondary N) is 1. The zero-order valence-corrected chi connectivity index (χ0v) is 11.4. The van der Waals surface area contributed by atoms with Crippen LogP contribution < -0.4 is 5.32 Å². The monoisotopic (exact) mass is 215 g/mol. The van der Waals surface area contributed by atoms with Crippen LogP contribution in [0.2, 0.25) is 0 Å². The molecule has 0 heterocycles. The van der Waals surface area contributed by atoms with Gasteiger partial charge in [-0.15, -0.1) is 0 Å². The van der Waals surface area contributed by atoms with E-state index < -0.39 is 0 Å². The Bertz CT molecular complexity index is 158. The molecule has 0 amide bonds. The largest absolute Gasteiger partial charge is 0.376 e. The molecule has 0 fully saturated rings. The highest BCUT2D eigenvalue weighted by Gasteiger charge is 2.18. The van der Waals surface area contributed by atoms with E-state index in [0.717, 1.165) is 26.1 Å². The molecule has 1 N–H and O–H groups in total. The summed E-state index contributed by atoms with van der Waals surface area (Å²) >= 11 is 0. The lowest BCUT2D eigenvalue weighted by molar-refractivity contribution is -0.0153. The minimum Gasteiger partial charge on any atom is -0.376 e. The molecule has 0 unspecified atom stereocenters. The van der Waals surface area contributed by atoms with Crippen LogP contribution in [0.4, 0.5) is 0 Å². The Hall–Kier alpha value is -0.0800. The van der Waals surface area contributed by atoms with Crippen molar-refractivity contribution in [2.75, 3.05) is 19.7 Å². The van der Waals surface area contributed by atoms with Crippen molar-refractivity contribution in [3.63, 3.8) is 0 Å². The summed E-state index contributed by atoms with van der Waals surface area (Å²) in [5.41, 5.74) is 0.327. The van der Waals surface area contributed by atoms with E-state index in [9.17, 15) is 0 Å². The maximum absolute atomic E-state index is 5.74. The van der Waals surface area contributed by atoms with Crippen LogP contribution in [-0.4, -0.2) is 25.3 Å². The first kappa shape index (κ1) is 14.9. The highest BCUT2D eigenvalue weighted by Crippen LogP contribution is 2.20. The minimum absolute atomic E-state index is 0.00702. The van der Waals surface area contributed by atoms with E-state index >= 15 is 0 Å². The summed E-state index contributed by atoms with van der Waals surface area (Å²) < 4.78 is 5.74. The van der Waals surface area contributed by atoms with Crippen molar-refractivity contribution < 1.29 is 4.74 Å². The fraction of sp³-hybridized carbons (Fsp3) is 1.00. The Morgan fingerprint density at radius 3 is 2.13 bits per heavy atom. The summed E-state index contributed by atoms with van der Waals surface area (Å²) in [7, 11) is 0. The lowest BCUT2D eigenvalue weighted by atomic mass is 9.89. The maximum atomic E-state index is 5.74. The Morgan fingerprint density at radius 2 is 1.67 bits per heavy atom. The third-order valence-electron chi connectivity index (χ3n) is 2.34. The topological polar surface area (TPSA) is 21.3 Å². The summed E-state index contributed by atoms with van der Waals surface area (Å²) in [5.74, 6) is 0. The first-order valence-corrected chi connectivity index (χ1v) is 6.11. The highest BCUT2D eigenvalue weighted by atomic mass is 16.5. The van der Waals surface area contributed by atoms with Crippen LogP contribution in [-0.2, 0) is 4.74 Å². The normalized spacial score (nSPS) is 13.2. The number of hydrogen-bond acceptors (Lipinski definition) is 2. The molecule has 0 rings (SSSR count). The molecule has 15 heavy (non-hydrogen) atoms. The quantitative estimate of drug-likeness (QED) is 0.658. The smallest absolute Gasteiger partial charge is 0.0598 e. The molecule has 0 saturated heterocycles. The van der Waals surface area contributed by atoms with Crippen molar-refractivity contribution in [2.24, 2.45) is 5.41 Å². The van der Waals surface area contributed by atoms with Crippen molar-refractivity contribution >= 4 is 0 Å². The van der Waals surface area contributed by atoms with E-state index in [-0.39, 0.29) is 5.60 Å². The van der Waals surface area contributed by atoms with Gasteiger partial charge in [0.2, 0.25) is 0 Å². The van der Waals surface area contributed by atoms with Crippen LogP contribution in [0.1, 0.15) is 54.4 Å². The molecule has 0 aromatic rings. The molecule has 0 spiro atoms. The molecule has 0 radical (unpaired) electrons. The van der Waals surface area contributed by atoms with Crippen LogP contribution in [0.25, 0.3) is 0 Å². The Balaban J connectivity index is 3.64. The molecule has 0 aromatic heterocycles. The van der Waals surface area contributed by atoms with Gasteiger partial charge in [-0.1, -0.05) is 20.8 Å². The molecule has 0 aliphatic carbocycles. The summed E-state index contributed by atoms with van der Waals surface area (Å²) in [6, 6.07) is 0. The van der Waals surface area contributed by atoms with E-state index in [2.05, 4.69) is 46.9 Å². The fourth-order valence-corrected chi connectivity index (χ4v) is 1.33. The van der Waals surface area contributed by atoms with Gasteiger partial charge in [-0.25, -0.2) is 0 Å². The SMILES string of the molecule is CCCNCC(C)(C)CCOC(C)(C)C. The second-order valence-electron chi connectivity index (χ2n) is 6.05. The van der Waals surface area contributed by atoms with Crippen LogP contribution in [0.15, 0.2) is 0 Å². The van der Waals surface area contributed by atoms with Gasteiger partial charge < -0.3 is 10.1 Å². The van der Waals surface area contributed by atoms with Crippen LogP contribution in [0, 0.1) is 5.41 Å². The van der Waals surface area contributed by atoms with Crippen LogP contribution >= 0.6 is 0 Å². The fourth-order valence-electron chi connectivity index (χ4n) is 1.33. The van der Waals surface area contributed by atoms with Gasteiger partial charge in [-0.3, -0.25) is 0 Å². The Morgan fingerprint density at radius 1 is 1.07 bits per heavy atom. The van der Waals surface area contributed by atoms with Crippen LogP contribution in [0.3, 0.4) is 0 Å². The first-order chi connectivity index (χ1) is 6.77. The minimum atomic E-state index is -0.00702. The molecular weight excluding hydrogens is 186 g/mol. The van der Waals surface area contributed by atoms with Crippen molar-refractivity contribution in [1.29, 1.82) is 0 Å². The molecule has 2 nitrogen and oxygen atoms in total. The van der Waals surface area contributed by atoms with Gasteiger partial charge in [0.05, 0.1) is 5.60 Å². The highest BCUT2D eigenvalue weighted by molar-refractivity contribution is 4.72. The van der Waals surface area contributed by atoms with Crippen molar-refractivity contribution in [2.45, 2.75) is 60.0 Å². The lowest BCUT2D eigenvalue weighted by Gasteiger charge is -2.27. The average molecular weight is 215 g/mol. The van der Waals surface area contributed by atoms with Crippen LogP contribution in [0.5, 0.6) is 0 Å². The number of rotatable bonds is 7. The molecule has 0 saturated carbocycles. The number of ether oxygens (including phenoxy) is 1. The predicted octanol–water partition coefficient (Wildman–Crippen LogP) is 3.22. The third-order valence-corrected chi connectivity index (χ3v) is 2.34. The van der Waals surface area contributed by atoms with E-state index in [0.29, 0.717) is 5.41 Å². The second kappa shape index (κ2) is 6.49. The molecule has 0 aromatic carbocycles. The molecular formula is C13H29NO. The van der Waals surface area contributed by atoms with Crippen molar-refractivity contribution in [3.05, 3.63) is 0 Å². The van der Waals surface area contributed by atoms with E-state index in [1.807, 2.05) is 0 Å². The molecule has 0 aliphatic rings. The maximum Gasteiger partial charge on any atom is 0.0598 e. The summed E-state index contributed by atoms with van der Waals surface area (Å²) in [4.78, 5) is 0. The van der Waals surface area contributed by atoms with E-state index in [4.69, 9.17) is 4.74 Å². The third kappa shape index (κ3) is 10.2. The van der Waals surface area contributed by atoms with E-state index in [1.54, 1.807) is 0 Å². The van der Waals surface area contributed by atoms with Gasteiger partial charge in [0, 0.05) is 13.2 Å². The lowest BCUT2D eigenvalue weighted by Crippen LogP contribution is -2.32. The second-order valence-corrected chi connectivity index (χ2v) is 6.05. The molecule has 92 valence electrons. The van der Waals surface area contributed by atoms with E-state index in [1.165, 1.54) is 6.42 Å². The van der Waals surface area contributed by atoms with Gasteiger partial charge in [-0.2, -0.15) is 0 Å². The van der Waals surface area contributed by atoms with Gasteiger partial charge in [-0.05, 0) is 45.6 Å². The molecule has 0 bridgehead atoms. The summed E-state index contributed by atoms with van der Waals surface area (Å²) in [6.45, 7) is 16.1. The Labute approximate surface area is 95.8 Å². The van der Waals surface area contributed by atoms with Gasteiger partial charge in [0.15, 0.2) is 0 Å². The standard InChI is InChI=1S/C13H29NO/c1-7-9-14-11-13(5,6)8-10-15-12(2,3)4/h14H,7-11H2,1-6H3. The molecule has 0 aliphatic heterocycles. The predicted molar refractivity (Wildman–Crippen MR) is 67.3 cm³/mol. The molecule has 2 heteroatoms. The zero-order chi connectivity index (χ0) is 11.9. The van der Waals surface area contributed by atoms with Crippen molar-refractivity contribution in [3.8, 4) is 0 Å². The average Bonchev–Trinajstić information content (AvgIpc) is 2.01. The van der Waals surface area contributed by atoms with Gasteiger partial charge >= 0.3 is 0 Å².